The molecule has 43 heavy (non-hydrogen) atoms. The van der Waals surface area contributed by atoms with Gasteiger partial charge in [0.05, 0.1) is 16.9 Å². The molecule has 13 heteroatoms. The molecule has 0 radical (unpaired) electrons. The highest BCUT2D eigenvalue weighted by atomic mass is 32.2. The predicted octanol–water partition coefficient (Wildman–Crippen LogP) is 5.68. The van der Waals surface area contributed by atoms with Gasteiger partial charge < -0.3 is 15.4 Å². The lowest BCUT2D eigenvalue weighted by Gasteiger charge is -2.33. The molecule has 0 unspecified atom stereocenters. The molecule has 1 saturated carbocycles. The van der Waals surface area contributed by atoms with Crippen molar-refractivity contribution in [2.24, 2.45) is 0 Å². The van der Waals surface area contributed by atoms with E-state index in [9.17, 15) is 21.6 Å². The van der Waals surface area contributed by atoms with E-state index >= 15 is 0 Å². The van der Waals surface area contributed by atoms with E-state index in [0.717, 1.165) is 6.07 Å². The lowest BCUT2D eigenvalue weighted by molar-refractivity contribution is 0.137. The zero-order valence-electron chi connectivity index (χ0n) is 23.6. The van der Waals surface area contributed by atoms with Gasteiger partial charge in [-0.2, -0.15) is 0 Å². The fourth-order valence-corrected chi connectivity index (χ4v) is 6.86. The van der Waals surface area contributed by atoms with Crippen molar-refractivity contribution in [3.05, 3.63) is 66.2 Å². The van der Waals surface area contributed by atoms with Gasteiger partial charge in [-0.05, 0) is 62.6 Å². The van der Waals surface area contributed by atoms with Crippen molar-refractivity contribution >= 4 is 32.4 Å². The molecule has 3 N–H and O–H groups in total. The average molecular weight is 613 g/mol. The summed E-state index contributed by atoms with van der Waals surface area (Å²) in [6.45, 7) is 4.21. The van der Waals surface area contributed by atoms with Gasteiger partial charge in [0.25, 0.3) is 0 Å². The number of nitrogens with zero attached hydrogens (tertiary/aromatic N) is 3. The van der Waals surface area contributed by atoms with Gasteiger partial charge in [0, 0.05) is 48.7 Å². The van der Waals surface area contributed by atoms with Crippen molar-refractivity contribution in [2.75, 3.05) is 28.9 Å². The van der Waals surface area contributed by atoms with Gasteiger partial charge in [-0.15, -0.1) is 0 Å². The number of halogens is 3. The largest absolute Gasteiger partial charge is 0.437 e. The average Bonchev–Trinajstić information content (AvgIpc) is 3.66. The monoisotopic (exact) mass is 612 g/mol. The zero-order valence-corrected chi connectivity index (χ0v) is 24.4. The van der Waals surface area contributed by atoms with Crippen LogP contribution >= 0.6 is 0 Å². The number of hydrogen-bond donors (Lipinski definition) is 3. The van der Waals surface area contributed by atoms with Crippen molar-refractivity contribution in [1.29, 1.82) is 0 Å². The molecule has 0 amide bonds. The molecule has 1 aliphatic heterocycles. The number of ether oxygens (including phenoxy) is 1. The van der Waals surface area contributed by atoms with Crippen LogP contribution in [0.5, 0.6) is 11.6 Å². The fourth-order valence-electron chi connectivity index (χ4n) is 5.30. The molecule has 1 aliphatic carbocycles. The number of pyridine rings is 1. The summed E-state index contributed by atoms with van der Waals surface area (Å²) in [5, 5.41) is 6.96. The smallest absolute Gasteiger partial charge is 0.236 e. The molecule has 1 saturated heterocycles. The summed E-state index contributed by atoms with van der Waals surface area (Å²) in [6.07, 6.45) is 3.77. The van der Waals surface area contributed by atoms with E-state index in [0.29, 0.717) is 46.9 Å². The van der Waals surface area contributed by atoms with Gasteiger partial charge in [-0.25, -0.2) is 36.5 Å². The fraction of sp³-hybridized carbons (Fsp3) is 0.367. The maximum Gasteiger partial charge on any atom is 0.236 e. The SMILES string of the molecule is Cc1ccc2c(NS(=O)(=O)CC3(F)CC3)c(F)ccc2c1Oc1ncccc1-c1ccnc(N[C@@H]2CNC[C@@](C)(F)C2)n1. The third kappa shape index (κ3) is 6.52. The Balaban J connectivity index is 1.32. The number of alkyl halides is 2. The van der Waals surface area contributed by atoms with Crippen LogP contribution in [0.4, 0.5) is 24.8 Å². The summed E-state index contributed by atoms with van der Waals surface area (Å²) in [6, 6.07) is 10.9. The standard InChI is InChI=1S/C30H31F3N6O3S/c1-18-5-6-20-21(7-8-23(31)25(20)39-43(40,41)17-30(33)10-11-30)26(18)42-27-22(4-3-12-35-27)24-9-13-36-28(38-24)37-19-14-29(2,32)16-34-15-19/h3-9,12-13,19,34,39H,10-11,14-17H2,1-2H3,(H,36,37,38)/t19-,29-/m0/s1. The highest BCUT2D eigenvalue weighted by molar-refractivity contribution is 7.92. The van der Waals surface area contributed by atoms with E-state index in [1.165, 1.54) is 6.07 Å². The summed E-state index contributed by atoms with van der Waals surface area (Å²) in [4.78, 5) is 13.3. The molecule has 6 rings (SSSR count). The van der Waals surface area contributed by atoms with Gasteiger partial charge in [-0.1, -0.05) is 12.1 Å². The first-order valence-electron chi connectivity index (χ1n) is 13.9. The van der Waals surface area contributed by atoms with Crippen LogP contribution in [0.25, 0.3) is 22.0 Å². The molecule has 0 spiro atoms. The second-order valence-electron chi connectivity index (χ2n) is 11.6. The third-order valence-electron chi connectivity index (χ3n) is 7.59. The van der Waals surface area contributed by atoms with Crippen LogP contribution in [0.15, 0.2) is 54.9 Å². The van der Waals surface area contributed by atoms with Crippen LogP contribution in [0.1, 0.15) is 31.7 Å². The van der Waals surface area contributed by atoms with Crippen LogP contribution in [0, 0.1) is 12.7 Å². The van der Waals surface area contributed by atoms with Crippen LogP contribution in [-0.2, 0) is 10.0 Å². The molecule has 2 aromatic carbocycles. The highest BCUT2D eigenvalue weighted by Crippen LogP contribution is 2.43. The minimum absolute atomic E-state index is 0.161. The van der Waals surface area contributed by atoms with Crippen molar-refractivity contribution in [3.8, 4) is 22.9 Å². The van der Waals surface area contributed by atoms with E-state index < -0.39 is 32.9 Å². The Labute approximate surface area is 247 Å². The number of hydrogen-bond acceptors (Lipinski definition) is 8. The van der Waals surface area contributed by atoms with Crippen LogP contribution in [0.3, 0.4) is 0 Å². The van der Waals surface area contributed by atoms with Crippen molar-refractivity contribution < 1.29 is 26.3 Å². The normalized spacial score (nSPS) is 21.4. The molecule has 2 fully saturated rings. The Kier molecular flexibility index (Phi) is 7.41. The first-order valence-corrected chi connectivity index (χ1v) is 15.6. The Bertz CT molecular complexity index is 1800. The van der Waals surface area contributed by atoms with Gasteiger partial charge in [0.2, 0.25) is 21.9 Å². The molecule has 9 nitrogen and oxygen atoms in total. The van der Waals surface area contributed by atoms with Crippen LogP contribution in [0.2, 0.25) is 0 Å². The quantitative estimate of drug-likeness (QED) is 0.221. The molecule has 4 aromatic rings. The van der Waals surface area contributed by atoms with Gasteiger partial charge >= 0.3 is 0 Å². The summed E-state index contributed by atoms with van der Waals surface area (Å²) in [5.74, 6) is -0.659. The van der Waals surface area contributed by atoms with Gasteiger partial charge in [0.15, 0.2) is 0 Å². The Hall–Kier alpha value is -3.97. The number of nitrogens with one attached hydrogen (secondary N) is 3. The molecular formula is C30H31F3N6O3S. The zero-order chi connectivity index (χ0) is 30.4. The molecule has 226 valence electrons. The Morgan fingerprint density at radius 2 is 1.86 bits per heavy atom. The van der Waals surface area contributed by atoms with Crippen LogP contribution < -0.4 is 20.1 Å². The van der Waals surface area contributed by atoms with E-state index in [1.807, 2.05) is 0 Å². The van der Waals surface area contributed by atoms with E-state index in [2.05, 4.69) is 30.3 Å². The minimum Gasteiger partial charge on any atom is -0.437 e. The maximum atomic E-state index is 15.0. The number of anilines is 2. The van der Waals surface area contributed by atoms with Crippen LogP contribution in [-0.4, -0.2) is 59.6 Å². The molecule has 2 atom stereocenters. The lowest BCUT2D eigenvalue weighted by Crippen LogP contribution is -2.50. The summed E-state index contributed by atoms with van der Waals surface area (Å²) in [7, 11) is -4.15. The van der Waals surface area contributed by atoms with E-state index in [-0.39, 0.29) is 42.4 Å². The Morgan fingerprint density at radius 1 is 1.07 bits per heavy atom. The number of piperidine rings is 1. The molecule has 3 heterocycles. The maximum absolute atomic E-state index is 15.0. The first-order chi connectivity index (χ1) is 20.4. The van der Waals surface area contributed by atoms with Gasteiger partial charge in [0.1, 0.15) is 28.7 Å². The number of benzene rings is 2. The minimum atomic E-state index is -4.15. The van der Waals surface area contributed by atoms with Gasteiger partial charge in [-0.3, -0.25) is 4.72 Å². The molecule has 0 bridgehead atoms. The predicted molar refractivity (Wildman–Crippen MR) is 159 cm³/mol. The van der Waals surface area contributed by atoms with Crippen molar-refractivity contribution in [1.82, 2.24) is 20.3 Å². The number of fused-ring (bicyclic) bond motifs is 1. The molecule has 2 aliphatic rings. The second-order valence-corrected chi connectivity index (χ2v) is 13.3. The topological polar surface area (TPSA) is 118 Å². The second kappa shape index (κ2) is 10.9. The van der Waals surface area contributed by atoms with E-state index in [1.54, 1.807) is 56.6 Å². The van der Waals surface area contributed by atoms with Crippen molar-refractivity contribution in [3.63, 3.8) is 0 Å². The number of aromatic nitrogens is 3. The number of aryl methyl sites for hydroxylation is 1. The molecule has 2 aromatic heterocycles. The Morgan fingerprint density at radius 3 is 2.63 bits per heavy atom. The van der Waals surface area contributed by atoms with Crippen molar-refractivity contribution in [2.45, 2.75) is 50.5 Å². The third-order valence-corrected chi connectivity index (χ3v) is 9.00. The molecular weight excluding hydrogens is 581 g/mol. The first kappa shape index (κ1) is 29.1. The number of sulfonamides is 1. The highest BCUT2D eigenvalue weighted by Gasteiger charge is 2.47. The summed E-state index contributed by atoms with van der Waals surface area (Å²) in [5.41, 5.74) is -1.66. The lowest BCUT2D eigenvalue weighted by atomic mass is 9.95. The summed E-state index contributed by atoms with van der Waals surface area (Å²) < 4.78 is 77.7. The van der Waals surface area contributed by atoms with E-state index in [4.69, 9.17) is 4.74 Å². The number of rotatable bonds is 9. The summed E-state index contributed by atoms with van der Waals surface area (Å²) >= 11 is 0.